The van der Waals surface area contributed by atoms with E-state index in [0.717, 1.165) is 4.47 Å². The zero-order valence-corrected chi connectivity index (χ0v) is 9.56. The number of aromatic nitrogens is 2. The van der Waals surface area contributed by atoms with Crippen LogP contribution in [0.15, 0.2) is 27.2 Å². The highest BCUT2D eigenvalue weighted by Crippen LogP contribution is 2.28. The van der Waals surface area contributed by atoms with Crippen molar-refractivity contribution in [1.29, 1.82) is 0 Å². The second kappa shape index (κ2) is 3.93. The molecule has 82 valence electrons. The van der Waals surface area contributed by atoms with Gasteiger partial charge in [-0.3, -0.25) is 4.79 Å². The Balaban J connectivity index is 2.50. The van der Waals surface area contributed by atoms with Gasteiger partial charge in [0.25, 0.3) is 17.6 Å². The fourth-order valence-electron chi connectivity index (χ4n) is 1.14. The van der Waals surface area contributed by atoms with Crippen molar-refractivity contribution in [1.82, 2.24) is 10.1 Å². The molecule has 0 aliphatic carbocycles. The largest absolute Gasteiger partial charge is 0.399 e. The summed E-state index contributed by atoms with van der Waals surface area (Å²) in [6.45, 7) is 0. The van der Waals surface area contributed by atoms with Crippen LogP contribution in [0, 0.1) is 0 Å². The van der Waals surface area contributed by atoms with Crippen LogP contribution in [0.4, 0.5) is 5.69 Å². The zero-order valence-electron chi connectivity index (χ0n) is 7.98. The Morgan fingerprint density at radius 2 is 2.19 bits per heavy atom. The third-order valence-electron chi connectivity index (χ3n) is 1.87. The van der Waals surface area contributed by atoms with E-state index in [2.05, 4.69) is 26.1 Å². The van der Waals surface area contributed by atoms with Crippen LogP contribution in [0.1, 0.15) is 10.6 Å². The van der Waals surface area contributed by atoms with Crippen LogP contribution in [0.5, 0.6) is 0 Å². The van der Waals surface area contributed by atoms with E-state index in [0.29, 0.717) is 11.3 Å². The molecule has 1 amide bonds. The summed E-state index contributed by atoms with van der Waals surface area (Å²) in [4.78, 5) is 14.6. The van der Waals surface area contributed by atoms with E-state index in [1.165, 1.54) is 0 Å². The molecule has 0 spiro atoms. The molecular weight excluding hydrogens is 276 g/mol. The Labute approximate surface area is 98.7 Å². The number of nitrogens with zero attached hydrogens (tertiary/aromatic N) is 2. The molecule has 0 saturated heterocycles. The molecule has 0 unspecified atom stereocenters. The standard InChI is InChI=1S/C9H7BrN4O2/c10-6-2-1-4(11)3-5(6)9-13-8(7(12)15)14-16-9/h1-3H,11H2,(H2,12,15). The number of carbonyl (C=O) groups is 1. The number of halogens is 1. The lowest BCUT2D eigenvalue weighted by Crippen LogP contribution is -2.12. The summed E-state index contributed by atoms with van der Waals surface area (Å²) in [6, 6.07) is 5.13. The summed E-state index contributed by atoms with van der Waals surface area (Å²) in [6.07, 6.45) is 0. The molecule has 7 heteroatoms. The predicted molar refractivity (Wildman–Crippen MR) is 60.4 cm³/mol. The van der Waals surface area contributed by atoms with Crippen molar-refractivity contribution in [3.63, 3.8) is 0 Å². The number of benzene rings is 1. The number of primary amides is 1. The second-order valence-corrected chi connectivity index (χ2v) is 3.88. The zero-order chi connectivity index (χ0) is 11.7. The maximum absolute atomic E-state index is 10.8. The highest BCUT2D eigenvalue weighted by molar-refractivity contribution is 9.10. The van der Waals surface area contributed by atoms with Crippen molar-refractivity contribution in [2.45, 2.75) is 0 Å². The van der Waals surface area contributed by atoms with Crippen molar-refractivity contribution in [2.75, 3.05) is 5.73 Å². The Morgan fingerprint density at radius 3 is 2.81 bits per heavy atom. The fourth-order valence-corrected chi connectivity index (χ4v) is 1.56. The molecule has 2 rings (SSSR count). The monoisotopic (exact) mass is 282 g/mol. The van der Waals surface area contributed by atoms with Crippen molar-refractivity contribution in [3.8, 4) is 11.5 Å². The lowest BCUT2D eigenvalue weighted by molar-refractivity contribution is 0.0987. The van der Waals surface area contributed by atoms with E-state index < -0.39 is 5.91 Å². The van der Waals surface area contributed by atoms with Gasteiger partial charge in [-0.1, -0.05) is 5.16 Å². The highest BCUT2D eigenvalue weighted by atomic mass is 79.9. The number of rotatable bonds is 2. The summed E-state index contributed by atoms with van der Waals surface area (Å²) in [5.74, 6) is -0.715. The number of nitrogen functional groups attached to an aromatic ring is 1. The maximum atomic E-state index is 10.8. The van der Waals surface area contributed by atoms with Crippen LogP contribution in [-0.4, -0.2) is 16.0 Å². The molecule has 6 nitrogen and oxygen atoms in total. The van der Waals surface area contributed by atoms with E-state index in [1.54, 1.807) is 18.2 Å². The Bertz CT molecular complexity index is 552. The molecule has 0 radical (unpaired) electrons. The van der Waals surface area contributed by atoms with Gasteiger partial charge < -0.3 is 16.0 Å². The van der Waals surface area contributed by atoms with Gasteiger partial charge in [-0.05, 0) is 34.1 Å². The molecular formula is C9H7BrN4O2. The van der Waals surface area contributed by atoms with Crippen molar-refractivity contribution in [2.24, 2.45) is 5.73 Å². The Hall–Kier alpha value is -1.89. The van der Waals surface area contributed by atoms with Gasteiger partial charge in [-0.25, -0.2) is 0 Å². The summed E-state index contributed by atoms with van der Waals surface area (Å²) >= 11 is 3.31. The minimum atomic E-state index is -0.741. The van der Waals surface area contributed by atoms with E-state index in [-0.39, 0.29) is 11.7 Å². The van der Waals surface area contributed by atoms with E-state index in [4.69, 9.17) is 16.0 Å². The third kappa shape index (κ3) is 1.89. The fraction of sp³-hybridized carbons (Fsp3) is 0. The Kier molecular flexibility index (Phi) is 2.61. The van der Waals surface area contributed by atoms with Gasteiger partial charge in [0.2, 0.25) is 0 Å². The van der Waals surface area contributed by atoms with E-state index >= 15 is 0 Å². The molecule has 0 aliphatic rings. The molecule has 0 aliphatic heterocycles. The molecule has 0 bridgehead atoms. The third-order valence-corrected chi connectivity index (χ3v) is 2.56. The van der Waals surface area contributed by atoms with Crippen LogP contribution in [0.3, 0.4) is 0 Å². The number of amides is 1. The average molecular weight is 283 g/mol. The van der Waals surface area contributed by atoms with E-state index in [9.17, 15) is 4.79 Å². The summed E-state index contributed by atoms with van der Waals surface area (Å²) in [7, 11) is 0. The van der Waals surface area contributed by atoms with Gasteiger partial charge in [0.15, 0.2) is 0 Å². The van der Waals surface area contributed by atoms with Gasteiger partial charge in [-0.2, -0.15) is 4.98 Å². The van der Waals surface area contributed by atoms with Gasteiger partial charge >= 0.3 is 0 Å². The number of hydrogen-bond donors (Lipinski definition) is 2. The lowest BCUT2D eigenvalue weighted by Gasteiger charge is -1.99. The van der Waals surface area contributed by atoms with Crippen LogP contribution in [-0.2, 0) is 0 Å². The molecule has 2 aromatic rings. The van der Waals surface area contributed by atoms with E-state index in [1.807, 2.05) is 0 Å². The first-order chi connectivity index (χ1) is 7.58. The van der Waals surface area contributed by atoms with Gasteiger partial charge in [0.1, 0.15) is 0 Å². The molecule has 0 saturated carbocycles. The van der Waals surface area contributed by atoms with Crippen molar-refractivity contribution >= 4 is 27.5 Å². The quantitative estimate of drug-likeness (QED) is 0.804. The first-order valence-electron chi connectivity index (χ1n) is 4.27. The summed E-state index contributed by atoms with van der Waals surface area (Å²) < 4.78 is 5.64. The molecule has 0 fully saturated rings. The number of carbonyl (C=O) groups excluding carboxylic acids is 1. The molecule has 4 N–H and O–H groups in total. The topological polar surface area (TPSA) is 108 Å². The van der Waals surface area contributed by atoms with Gasteiger partial charge in [0, 0.05) is 10.2 Å². The van der Waals surface area contributed by atoms with Gasteiger partial charge in [0.05, 0.1) is 5.56 Å². The van der Waals surface area contributed by atoms with Crippen LogP contribution in [0.25, 0.3) is 11.5 Å². The number of nitrogens with two attached hydrogens (primary N) is 2. The number of anilines is 1. The molecule has 1 aromatic carbocycles. The van der Waals surface area contributed by atoms with Crippen molar-refractivity contribution in [3.05, 3.63) is 28.5 Å². The summed E-state index contributed by atoms with van der Waals surface area (Å²) in [5.41, 5.74) is 11.8. The molecule has 0 atom stereocenters. The number of hydrogen-bond acceptors (Lipinski definition) is 5. The Morgan fingerprint density at radius 1 is 1.44 bits per heavy atom. The molecule has 1 heterocycles. The summed E-state index contributed by atoms with van der Waals surface area (Å²) in [5, 5.41) is 3.44. The smallest absolute Gasteiger partial charge is 0.290 e. The SMILES string of the molecule is NC(=O)c1noc(-c2cc(N)ccc2Br)n1. The second-order valence-electron chi connectivity index (χ2n) is 3.03. The normalized spacial score (nSPS) is 10.3. The van der Waals surface area contributed by atoms with Crippen LogP contribution >= 0.6 is 15.9 Å². The maximum Gasteiger partial charge on any atom is 0.290 e. The molecule has 1 aromatic heterocycles. The van der Waals surface area contributed by atoms with Crippen LogP contribution in [0.2, 0.25) is 0 Å². The molecule has 16 heavy (non-hydrogen) atoms. The minimum Gasteiger partial charge on any atom is -0.399 e. The van der Waals surface area contributed by atoms with Crippen molar-refractivity contribution < 1.29 is 9.32 Å². The highest BCUT2D eigenvalue weighted by Gasteiger charge is 2.14. The van der Waals surface area contributed by atoms with Crippen LogP contribution < -0.4 is 11.5 Å². The van der Waals surface area contributed by atoms with Gasteiger partial charge in [-0.15, -0.1) is 0 Å². The first kappa shape index (κ1) is 10.6. The lowest BCUT2D eigenvalue weighted by atomic mass is 10.2. The average Bonchev–Trinajstić information content (AvgIpc) is 2.70. The predicted octanol–water partition coefficient (Wildman–Crippen LogP) is 1.18. The minimum absolute atomic E-state index is 0.163. The first-order valence-corrected chi connectivity index (χ1v) is 5.06.